The van der Waals surface area contributed by atoms with E-state index in [9.17, 15) is 13.2 Å². The maximum Gasteiger partial charge on any atom is 0.274 e. The first-order chi connectivity index (χ1) is 9.95. The lowest BCUT2D eigenvalue weighted by Crippen LogP contribution is -2.31. The lowest BCUT2D eigenvalue weighted by Gasteiger charge is -2.18. The summed E-state index contributed by atoms with van der Waals surface area (Å²) < 4.78 is 22.8. The smallest absolute Gasteiger partial charge is 0.274 e. The minimum absolute atomic E-state index is 0.120. The van der Waals surface area contributed by atoms with Crippen LogP contribution in [0.5, 0.6) is 0 Å². The van der Waals surface area contributed by atoms with Gasteiger partial charge in [-0.15, -0.1) is 0 Å². The lowest BCUT2D eigenvalue weighted by molar-refractivity contribution is 0.0766. The Kier molecular flexibility index (Phi) is 4.76. The highest BCUT2D eigenvalue weighted by molar-refractivity contribution is 7.91. The Morgan fingerprint density at radius 2 is 2.05 bits per heavy atom. The second-order valence-electron chi connectivity index (χ2n) is 5.01. The first-order valence-corrected chi connectivity index (χ1v) is 8.85. The van der Waals surface area contributed by atoms with Crippen molar-refractivity contribution >= 4 is 21.6 Å². The SMILES string of the molecule is CCN(CC)C(=O)c1cnc(NC2CCS(=O)(=O)C2)cn1. The summed E-state index contributed by atoms with van der Waals surface area (Å²) in [6.45, 7) is 5.06. The molecule has 1 unspecified atom stereocenters. The largest absolute Gasteiger partial charge is 0.365 e. The predicted octanol–water partition coefficient (Wildman–Crippen LogP) is 0.558. The van der Waals surface area contributed by atoms with Crippen molar-refractivity contribution in [1.82, 2.24) is 14.9 Å². The van der Waals surface area contributed by atoms with Crippen molar-refractivity contribution in [1.29, 1.82) is 0 Å². The molecule has 116 valence electrons. The molecule has 0 aliphatic carbocycles. The molecule has 0 saturated carbocycles. The fraction of sp³-hybridized carbons (Fsp3) is 0.615. The zero-order valence-electron chi connectivity index (χ0n) is 12.2. The predicted molar refractivity (Wildman–Crippen MR) is 80.0 cm³/mol. The van der Waals surface area contributed by atoms with Crippen LogP contribution in [0.4, 0.5) is 5.82 Å². The third kappa shape index (κ3) is 3.90. The minimum Gasteiger partial charge on any atom is -0.365 e. The van der Waals surface area contributed by atoms with Gasteiger partial charge in [0.1, 0.15) is 11.5 Å². The van der Waals surface area contributed by atoms with Crippen molar-refractivity contribution in [3.05, 3.63) is 18.1 Å². The summed E-state index contributed by atoms with van der Waals surface area (Å²) in [5.41, 5.74) is 0.295. The maximum atomic E-state index is 12.1. The molecule has 2 rings (SSSR count). The Balaban J connectivity index is 2.01. The van der Waals surface area contributed by atoms with Crippen molar-refractivity contribution in [2.45, 2.75) is 26.3 Å². The van der Waals surface area contributed by atoms with Crippen molar-refractivity contribution in [3.63, 3.8) is 0 Å². The van der Waals surface area contributed by atoms with Gasteiger partial charge in [0.2, 0.25) is 0 Å². The Hall–Kier alpha value is -1.70. The maximum absolute atomic E-state index is 12.1. The van der Waals surface area contributed by atoms with Gasteiger partial charge in [0.05, 0.1) is 23.9 Å². The number of anilines is 1. The molecule has 1 aliphatic heterocycles. The van der Waals surface area contributed by atoms with E-state index in [1.807, 2.05) is 13.8 Å². The van der Waals surface area contributed by atoms with E-state index in [0.717, 1.165) is 0 Å². The number of hydrogen-bond donors (Lipinski definition) is 1. The minimum atomic E-state index is -2.93. The third-order valence-corrected chi connectivity index (χ3v) is 5.27. The first-order valence-electron chi connectivity index (χ1n) is 7.03. The molecule has 0 spiro atoms. The molecule has 1 N–H and O–H groups in total. The van der Waals surface area contributed by atoms with Crippen molar-refractivity contribution < 1.29 is 13.2 Å². The van der Waals surface area contributed by atoms with Gasteiger partial charge in [-0.3, -0.25) is 4.79 Å². The number of nitrogens with zero attached hydrogens (tertiary/aromatic N) is 3. The van der Waals surface area contributed by atoms with Crippen LogP contribution in [0.3, 0.4) is 0 Å². The molecule has 0 aromatic carbocycles. The van der Waals surface area contributed by atoms with E-state index in [4.69, 9.17) is 0 Å². The molecule has 1 saturated heterocycles. The van der Waals surface area contributed by atoms with Gasteiger partial charge in [0, 0.05) is 19.1 Å². The van der Waals surface area contributed by atoms with Crippen molar-refractivity contribution in [3.8, 4) is 0 Å². The quantitative estimate of drug-likeness (QED) is 0.854. The molecule has 0 bridgehead atoms. The number of amides is 1. The summed E-state index contributed by atoms with van der Waals surface area (Å²) in [6, 6.07) is -0.131. The van der Waals surface area contributed by atoms with Crippen LogP contribution in [-0.2, 0) is 9.84 Å². The highest BCUT2D eigenvalue weighted by Gasteiger charge is 2.28. The molecule has 0 radical (unpaired) electrons. The van der Waals surface area contributed by atoms with Gasteiger partial charge in [0.15, 0.2) is 9.84 Å². The number of carbonyl (C=O) groups is 1. The Labute approximate surface area is 124 Å². The standard InChI is InChI=1S/C13H20N4O3S/c1-3-17(4-2)13(18)11-7-15-12(8-14-11)16-10-5-6-21(19,20)9-10/h7-8,10H,3-6,9H2,1-2H3,(H,15,16). The number of sulfone groups is 1. The van der Waals surface area contributed by atoms with Crippen LogP contribution in [0.25, 0.3) is 0 Å². The van der Waals surface area contributed by atoms with Crippen LogP contribution in [0.1, 0.15) is 30.8 Å². The summed E-state index contributed by atoms with van der Waals surface area (Å²) in [5, 5.41) is 3.04. The normalized spacial score (nSPS) is 20.2. The number of rotatable bonds is 5. The van der Waals surface area contributed by atoms with Gasteiger partial charge >= 0.3 is 0 Å². The van der Waals surface area contributed by atoms with Gasteiger partial charge < -0.3 is 10.2 Å². The topological polar surface area (TPSA) is 92.3 Å². The second kappa shape index (κ2) is 6.38. The Morgan fingerprint density at radius 1 is 1.33 bits per heavy atom. The second-order valence-corrected chi connectivity index (χ2v) is 7.24. The third-order valence-electron chi connectivity index (χ3n) is 3.51. The summed E-state index contributed by atoms with van der Waals surface area (Å²) in [6.07, 6.45) is 3.47. The molecular weight excluding hydrogens is 292 g/mol. The zero-order valence-corrected chi connectivity index (χ0v) is 13.1. The van der Waals surface area contributed by atoms with Crippen LogP contribution in [0.15, 0.2) is 12.4 Å². The monoisotopic (exact) mass is 312 g/mol. The van der Waals surface area contributed by atoms with Crippen LogP contribution < -0.4 is 5.32 Å². The molecule has 1 aromatic rings. The van der Waals surface area contributed by atoms with Crippen LogP contribution in [0, 0.1) is 0 Å². The molecule has 1 atom stereocenters. The van der Waals surface area contributed by atoms with E-state index in [1.165, 1.54) is 12.4 Å². The molecule has 8 heteroatoms. The van der Waals surface area contributed by atoms with E-state index < -0.39 is 9.84 Å². The lowest BCUT2D eigenvalue weighted by atomic mass is 10.2. The van der Waals surface area contributed by atoms with E-state index >= 15 is 0 Å². The zero-order chi connectivity index (χ0) is 15.5. The average Bonchev–Trinajstić information content (AvgIpc) is 2.80. The fourth-order valence-electron chi connectivity index (χ4n) is 2.30. The van der Waals surface area contributed by atoms with Crippen LogP contribution >= 0.6 is 0 Å². The Bertz CT molecular complexity index is 596. The summed E-state index contributed by atoms with van der Waals surface area (Å²) >= 11 is 0. The van der Waals surface area contributed by atoms with Gasteiger partial charge in [-0.2, -0.15) is 0 Å². The van der Waals surface area contributed by atoms with Crippen molar-refractivity contribution in [2.75, 3.05) is 29.9 Å². The molecule has 21 heavy (non-hydrogen) atoms. The van der Waals surface area contributed by atoms with E-state index in [1.54, 1.807) is 4.90 Å². The average molecular weight is 312 g/mol. The highest BCUT2D eigenvalue weighted by atomic mass is 32.2. The number of nitrogens with one attached hydrogen (secondary N) is 1. The number of carbonyl (C=O) groups excluding carboxylic acids is 1. The van der Waals surface area contributed by atoms with Gasteiger partial charge in [0.25, 0.3) is 5.91 Å². The van der Waals surface area contributed by atoms with Gasteiger partial charge in [-0.1, -0.05) is 0 Å². The first kappa shape index (κ1) is 15.7. The van der Waals surface area contributed by atoms with Crippen LogP contribution in [-0.4, -0.2) is 59.8 Å². The number of hydrogen-bond acceptors (Lipinski definition) is 6. The molecule has 1 fully saturated rings. The molecule has 7 nitrogen and oxygen atoms in total. The summed E-state index contributed by atoms with van der Waals surface area (Å²) in [4.78, 5) is 22.0. The van der Waals surface area contributed by atoms with E-state index in [-0.39, 0.29) is 23.5 Å². The molecule has 1 aliphatic rings. The summed E-state index contributed by atoms with van der Waals surface area (Å²) in [5.74, 6) is 0.668. The molecule has 1 aromatic heterocycles. The molecule has 1 amide bonds. The summed E-state index contributed by atoms with van der Waals surface area (Å²) in [7, 11) is -2.93. The van der Waals surface area contributed by atoms with Crippen LogP contribution in [0.2, 0.25) is 0 Å². The molecule has 2 heterocycles. The van der Waals surface area contributed by atoms with E-state index in [2.05, 4.69) is 15.3 Å². The fourth-order valence-corrected chi connectivity index (χ4v) is 3.98. The van der Waals surface area contributed by atoms with Gasteiger partial charge in [-0.25, -0.2) is 18.4 Å². The highest BCUT2D eigenvalue weighted by Crippen LogP contribution is 2.15. The van der Waals surface area contributed by atoms with Gasteiger partial charge in [-0.05, 0) is 20.3 Å². The number of aromatic nitrogens is 2. The molecular formula is C13H20N4O3S. The Morgan fingerprint density at radius 3 is 2.52 bits per heavy atom. The van der Waals surface area contributed by atoms with Crippen molar-refractivity contribution in [2.24, 2.45) is 0 Å². The van der Waals surface area contributed by atoms with E-state index in [0.29, 0.717) is 31.0 Å².